The normalized spacial score (nSPS) is 10.8. The SMILES string of the molecule is CCc1cc(CNc2cc(F)cc(F)c2F)n(CC)n1. The summed E-state index contributed by atoms with van der Waals surface area (Å²) in [6.07, 6.45) is 0.795. The average Bonchev–Trinajstić information content (AvgIpc) is 2.83. The van der Waals surface area contributed by atoms with Crippen molar-refractivity contribution in [1.29, 1.82) is 0 Å². The zero-order chi connectivity index (χ0) is 14.7. The van der Waals surface area contributed by atoms with Crippen LogP contribution < -0.4 is 5.32 Å². The molecule has 0 radical (unpaired) electrons. The Balaban J connectivity index is 2.18. The van der Waals surface area contributed by atoms with Crippen molar-refractivity contribution < 1.29 is 13.2 Å². The van der Waals surface area contributed by atoms with Crippen molar-refractivity contribution in [2.75, 3.05) is 5.32 Å². The topological polar surface area (TPSA) is 29.9 Å². The van der Waals surface area contributed by atoms with Gasteiger partial charge in [0.25, 0.3) is 0 Å². The second kappa shape index (κ2) is 5.98. The molecule has 1 N–H and O–H groups in total. The van der Waals surface area contributed by atoms with Gasteiger partial charge >= 0.3 is 0 Å². The zero-order valence-electron chi connectivity index (χ0n) is 11.4. The summed E-state index contributed by atoms with van der Waals surface area (Å²) < 4.78 is 41.5. The molecule has 0 bridgehead atoms. The van der Waals surface area contributed by atoms with E-state index in [1.165, 1.54) is 0 Å². The number of hydrogen-bond acceptors (Lipinski definition) is 2. The van der Waals surface area contributed by atoms with E-state index >= 15 is 0 Å². The van der Waals surface area contributed by atoms with Gasteiger partial charge in [0.15, 0.2) is 11.6 Å². The minimum absolute atomic E-state index is 0.190. The van der Waals surface area contributed by atoms with Crippen molar-refractivity contribution in [3.63, 3.8) is 0 Å². The van der Waals surface area contributed by atoms with Gasteiger partial charge in [0.1, 0.15) is 5.82 Å². The van der Waals surface area contributed by atoms with Crippen LogP contribution in [0.25, 0.3) is 0 Å². The summed E-state index contributed by atoms with van der Waals surface area (Å²) in [5, 5.41) is 7.06. The van der Waals surface area contributed by atoms with E-state index in [4.69, 9.17) is 0 Å². The van der Waals surface area contributed by atoms with Crippen LogP contribution in [0.5, 0.6) is 0 Å². The van der Waals surface area contributed by atoms with E-state index in [-0.39, 0.29) is 12.2 Å². The molecule has 0 unspecified atom stereocenters. The highest BCUT2D eigenvalue weighted by molar-refractivity contribution is 5.45. The van der Waals surface area contributed by atoms with Crippen molar-refractivity contribution in [3.8, 4) is 0 Å². The molecule has 0 aliphatic heterocycles. The van der Waals surface area contributed by atoms with Crippen LogP contribution in [0.1, 0.15) is 25.2 Å². The monoisotopic (exact) mass is 283 g/mol. The Morgan fingerprint density at radius 1 is 1.15 bits per heavy atom. The zero-order valence-corrected chi connectivity index (χ0v) is 11.4. The fraction of sp³-hybridized carbons (Fsp3) is 0.357. The average molecular weight is 283 g/mol. The number of aromatic nitrogens is 2. The van der Waals surface area contributed by atoms with Crippen LogP contribution in [0.4, 0.5) is 18.9 Å². The number of rotatable bonds is 5. The second-order valence-corrected chi connectivity index (χ2v) is 4.40. The van der Waals surface area contributed by atoms with Crippen molar-refractivity contribution >= 4 is 5.69 Å². The molecule has 6 heteroatoms. The predicted molar refractivity (Wildman–Crippen MR) is 70.9 cm³/mol. The summed E-state index contributed by atoms with van der Waals surface area (Å²) in [5.74, 6) is -3.10. The lowest BCUT2D eigenvalue weighted by Crippen LogP contribution is -2.09. The van der Waals surface area contributed by atoms with Gasteiger partial charge in [-0.15, -0.1) is 0 Å². The van der Waals surface area contributed by atoms with Crippen LogP contribution in [-0.4, -0.2) is 9.78 Å². The lowest BCUT2D eigenvalue weighted by molar-refractivity contribution is 0.497. The number of halogens is 3. The van der Waals surface area contributed by atoms with Gasteiger partial charge in [-0.25, -0.2) is 13.2 Å². The lowest BCUT2D eigenvalue weighted by Gasteiger charge is -2.09. The van der Waals surface area contributed by atoms with E-state index in [0.717, 1.165) is 23.9 Å². The lowest BCUT2D eigenvalue weighted by atomic mass is 10.2. The molecule has 0 amide bonds. The van der Waals surface area contributed by atoms with E-state index in [1.807, 2.05) is 19.9 Å². The predicted octanol–water partition coefficient (Wildman–Crippen LogP) is 3.49. The molecule has 0 aliphatic rings. The molecule has 0 atom stereocenters. The fourth-order valence-corrected chi connectivity index (χ4v) is 1.97. The van der Waals surface area contributed by atoms with Gasteiger partial charge in [-0.1, -0.05) is 6.92 Å². The molecule has 20 heavy (non-hydrogen) atoms. The number of hydrogen-bond donors (Lipinski definition) is 1. The van der Waals surface area contributed by atoms with Crippen molar-refractivity contribution in [2.45, 2.75) is 33.4 Å². The molecule has 0 fully saturated rings. The highest BCUT2D eigenvalue weighted by Crippen LogP contribution is 2.20. The number of nitrogens with one attached hydrogen (secondary N) is 1. The third kappa shape index (κ3) is 2.95. The standard InChI is InChI=1S/C14H16F3N3/c1-3-10-7-11(20(4-2)19-10)8-18-13-6-9(15)5-12(16)14(13)17/h5-7,18H,3-4,8H2,1-2H3. The Labute approximate surface area is 115 Å². The number of nitrogens with zero attached hydrogens (tertiary/aromatic N) is 2. The van der Waals surface area contributed by atoms with E-state index in [1.54, 1.807) is 4.68 Å². The summed E-state index contributed by atoms with van der Waals surface area (Å²) in [4.78, 5) is 0. The fourth-order valence-electron chi connectivity index (χ4n) is 1.97. The summed E-state index contributed by atoms with van der Waals surface area (Å²) in [6.45, 7) is 4.86. The molecule has 0 aliphatic carbocycles. The van der Waals surface area contributed by atoms with Crippen LogP contribution in [0.2, 0.25) is 0 Å². The van der Waals surface area contributed by atoms with E-state index in [9.17, 15) is 13.2 Å². The third-order valence-corrected chi connectivity index (χ3v) is 3.03. The van der Waals surface area contributed by atoms with Crippen LogP contribution >= 0.6 is 0 Å². The smallest absolute Gasteiger partial charge is 0.182 e. The molecule has 0 spiro atoms. The maximum Gasteiger partial charge on any atom is 0.182 e. The van der Waals surface area contributed by atoms with Crippen LogP contribution in [0.15, 0.2) is 18.2 Å². The molecule has 0 saturated carbocycles. The van der Waals surface area contributed by atoms with Crippen LogP contribution in [-0.2, 0) is 19.5 Å². The summed E-state index contributed by atoms with van der Waals surface area (Å²) in [7, 11) is 0. The Morgan fingerprint density at radius 3 is 2.55 bits per heavy atom. The molecule has 2 rings (SSSR count). The van der Waals surface area contributed by atoms with Gasteiger partial charge < -0.3 is 5.32 Å². The maximum absolute atomic E-state index is 13.5. The summed E-state index contributed by atoms with van der Waals surface area (Å²) in [5.41, 5.74) is 1.58. The molecule has 3 nitrogen and oxygen atoms in total. The highest BCUT2D eigenvalue weighted by atomic mass is 19.2. The molecule has 1 heterocycles. The Morgan fingerprint density at radius 2 is 1.90 bits per heavy atom. The minimum Gasteiger partial charge on any atom is -0.377 e. The van der Waals surface area contributed by atoms with Crippen LogP contribution in [0.3, 0.4) is 0 Å². The quantitative estimate of drug-likeness (QED) is 0.851. The second-order valence-electron chi connectivity index (χ2n) is 4.40. The first-order valence-corrected chi connectivity index (χ1v) is 6.49. The number of benzene rings is 1. The largest absolute Gasteiger partial charge is 0.377 e. The first-order chi connectivity index (χ1) is 9.55. The van der Waals surface area contributed by atoms with E-state index in [2.05, 4.69) is 10.4 Å². The van der Waals surface area contributed by atoms with Crippen LogP contribution in [0, 0.1) is 17.5 Å². The molecule has 1 aromatic carbocycles. The Kier molecular flexibility index (Phi) is 4.32. The minimum atomic E-state index is -1.20. The van der Waals surface area contributed by atoms with Gasteiger partial charge in [-0.3, -0.25) is 4.68 Å². The molecule has 0 saturated heterocycles. The maximum atomic E-state index is 13.5. The van der Waals surface area contributed by atoms with E-state index < -0.39 is 17.5 Å². The molecular weight excluding hydrogens is 267 g/mol. The Hall–Kier alpha value is -1.98. The number of aryl methyl sites for hydroxylation is 2. The van der Waals surface area contributed by atoms with Gasteiger partial charge in [0.05, 0.1) is 23.6 Å². The summed E-state index contributed by atoms with van der Waals surface area (Å²) >= 11 is 0. The van der Waals surface area contributed by atoms with Gasteiger partial charge in [0, 0.05) is 18.7 Å². The van der Waals surface area contributed by atoms with Gasteiger partial charge in [0.2, 0.25) is 0 Å². The Bertz CT molecular complexity index is 608. The summed E-state index contributed by atoms with van der Waals surface area (Å²) in [6, 6.07) is 3.35. The molecule has 1 aromatic heterocycles. The van der Waals surface area contributed by atoms with Gasteiger partial charge in [-0.05, 0) is 19.4 Å². The molecule has 2 aromatic rings. The number of anilines is 1. The third-order valence-electron chi connectivity index (χ3n) is 3.03. The van der Waals surface area contributed by atoms with E-state index in [0.29, 0.717) is 12.6 Å². The van der Waals surface area contributed by atoms with Crippen molar-refractivity contribution in [2.24, 2.45) is 0 Å². The molecular formula is C14H16F3N3. The highest BCUT2D eigenvalue weighted by Gasteiger charge is 2.12. The van der Waals surface area contributed by atoms with Gasteiger partial charge in [-0.2, -0.15) is 5.10 Å². The first kappa shape index (κ1) is 14.4. The van der Waals surface area contributed by atoms with Crippen molar-refractivity contribution in [1.82, 2.24) is 9.78 Å². The first-order valence-electron chi connectivity index (χ1n) is 6.49. The molecule has 108 valence electrons. The van der Waals surface area contributed by atoms with Crippen molar-refractivity contribution in [3.05, 3.63) is 47.0 Å².